The average molecular weight is 147 g/mol. The summed E-state index contributed by atoms with van der Waals surface area (Å²) >= 11 is 0. The maximum Gasteiger partial charge on any atom is 0.217 e. The average Bonchev–Trinajstić information content (AvgIpc) is 2.50. The second-order valence-corrected chi connectivity index (χ2v) is 2.49. The molecule has 2 rings (SSSR count). The zero-order valence-electron chi connectivity index (χ0n) is 6.37. The van der Waals surface area contributed by atoms with E-state index < -0.39 is 0 Å². The predicted molar refractivity (Wildman–Crippen MR) is 43.5 cm³/mol. The topological polar surface area (TPSA) is 22.1 Å². The molecular formula is C9H9NO. The van der Waals surface area contributed by atoms with Crippen molar-refractivity contribution in [2.75, 3.05) is 7.11 Å². The van der Waals surface area contributed by atoms with Gasteiger partial charge in [0.25, 0.3) is 0 Å². The number of fused-ring (bicyclic) bond motifs is 1. The fraction of sp³-hybridized carbons (Fsp3) is 0.222. The molecule has 1 aliphatic carbocycles. The Morgan fingerprint density at radius 2 is 2.45 bits per heavy atom. The molecule has 11 heavy (non-hydrogen) atoms. The zero-order chi connectivity index (χ0) is 7.68. The van der Waals surface area contributed by atoms with Gasteiger partial charge in [-0.25, -0.2) is 4.98 Å². The van der Waals surface area contributed by atoms with E-state index in [4.69, 9.17) is 4.74 Å². The summed E-state index contributed by atoms with van der Waals surface area (Å²) in [6.45, 7) is 0. The Morgan fingerprint density at radius 3 is 3.27 bits per heavy atom. The Kier molecular flexibility index (Phi) is 1.39. The summed E-state index contributed by atoms with van der Waals surface area (Å²) in [6.07, 6.45) is 6.94. The highest BCUT2D eigenvalue weighted by molar-refractivity contribution is 5.61. The first-order chi connectivity index (χ1) is 5.42. The normalized spacial score (nSPS) is 13.2. The monoisotopic (exact) mass is 147 g/mol. The van der Waals surface area contributed by atoms with E-state index in [-0.39, 0.29) is 0 Å². The van der Waals surface area contributed by atoms with Crippen molar-refractivity contribution in [2.45, 2.75) is 6.42 Å². The van der Waals surface area contributed by atoms with E-state index in [0.29, 0.717) is 0 Å². The van der Waals surface area contributed by atoms with Gasteiger partial charge in [0.1, 0.15) is 0 Å². The number of hydrogen-bond donors (Lipinski definition) is 0. The molecule has 0 amide bonds. The van der Waals surface area contributed by atoms with Crippen LogP contribution in [0, 0.1) is 0 Å². The number of nitrogens with zero attached hydrogens (tertiary/aromatic N) is 1. The second-order valence-electron chi connectivity index (χ2n) is 2.49. The van der Waals surface area contributed by atoms with Crippen molar-refractivity contribution in [1.82, 2.24) is 4.98 Å². The molecule has 0 atom stereocenters. The molecule has 0 radical (unpaired) electrons. The first-order valence-electron chi connectivity index (χ1n) is 3.60. The second kappa shape index (κ2) is 2.38. The summed E-state index contributed by atoms with van der Waals surface area (Å²) < 4.78 is 5.11. The minimum absolute atomic E-state index is 0.757. The van der Waals surface area contributed by atoms with Crippen LogP contribution >= 0.6 is 0 Å². The lowest BCUT2D eigenvalue weighted by Crippen LogP contribution is -1.93. The molecule has 0 saturated carbocycles. The Hall–Kier alpha value is -1.31. The standard InChI is InChI=1S/C9H9NO/c1-11-9-8-4-2-3-7(8)5-6-10-9/h2-3,5-6H,4H2,1H3. The van der Waals surface area contributed by atoms with Gasteiger partial charge in [0.15, 0.2) is 0 Å². The number of aromatic nitrogens is 1. The first-order valence-corrected chi connectivity index (χ1v) is 3.60. The highest BCUT2D eigenvalue weighted by atomic mass is 16.5. The molecule has 1 aliphatic rings. The van der Waals surface area contributed by atoms with Crippen LogP contribution in [0.15, 0.2) is 18.3 Å². The van der Waals surface area contributed by atoms with Gasteiger partial charge in [-0.2, -0.15) is 0 Å². The van der Waals surface area contributed by atoms with Gasteiger partial charge in [0.2, 0.25) is 5.88 Å². The molecule has 0 spiro atoms. The zero-order valence-corrected chi connectivity index (χ0v) is 6.37. The smallest absolute Gasteiger partial charge is 0.217 e. The molecule has 0 aliphatic heterocycles. The third-order valence-electron chi connectivity index (χ3n) is 1.87. The minimum atomic E-state index is 0.757. The van der Waals surface area contributed by atoms with Crippen molar-refractivity contribution >= 4 is 6.08 Å². The molecule has 1 aromatic heterocycles. The maximum atomic E-state index is 5.11. The third-order valence-corrected chi connectivity index (χ3v) is 1.87. The molecular weight excluding hydrogens is 138 g/mol. The summed E-state index contributed by atoms with van der Waals surface area (Å²) in [4.78, 5) is 4.11. The van der Waals surface area contributed by atoms with E-state index in [2.05, 4.69) is 17.1 Å². The van der Waals surface area contributed by atoms with E-state index in [1.807, 2.05) is 6.07 Å². The molecule has 0 bridgehead atoms. The Bertz CT molecular complexity index is 304. The molecule has 2 heteroatoms. The van der Waals surface area contributed by atoms with Crippen LogP contribution < -0.4 is 4.74 Å². The van der Waals surface area contributed by atoms with E-state index >= 15 is 0 Å². The van der Waals surface area contributed by atoms with E-state index in [1.54, 1.807) is 13.3 Å². The highest BCUT2D eigenvalue weighted by Gasteiger charge is 2.10. The van der Waals surface area contributed by atoms with Gasteiger partial charge in [0, 0.05) is 11.8 Å². The van der Waals surface area contributed by atoms with Crippen LogP contribution in [0.25, 0.3) is 6.08 Å². The Balaban J connectivity index is 2.55. The van der Waals surface area contributed by atoms with Gasteiger partial charge < -0.3 is 4.74 Å². The Labute approximate surface area is 65.5 Å². The molecule has 0 unspecified atom stereocenters. The summed E-state index contributed by atoms with van der Waals surface area (Å²) in [7, 11) is 1.65. The van der Waals surface area contributed by atoms with Gasteiger partial charge in [-0.15, -0.1) is 0 Å². The number of pyridine rings is 1. The van der Waals surface area contributed by atoms with Gasteiger partial charge in [-0.05, 0) is 18.1 Å². The molecule has 1 aromatic rings. The molecule has 1 heterocycles. The van der Waals surface area contributed by atoms with Crippen LogP contribution in [0.2, 0.25) is 0 Å². The third kappa shape index (κ3) is 0.909. The lowest BCUT2D eigenvalue weighted by atomic mass is 10.2. The Morgan fingerprint density at radius 1 is 1.55 bits per heavy atom. The van der Waals surface area contributed by atoms with Crippen LogP contribution in [-0.4, -0.2) is 12.1 Å². The quantitative estimate of drug-likeness (QED) is 0.602. The van der Waals surface area contributed by atoms with Crippen LogP contribution in [0.1, 0.15) is 11.1 Å². The van der Waals surface area contributed by atoms with E-state index in [1.165, 1.54) is 11.1 Å². The van der Waals surface area contributed by atoms with Crippen molar-refractivity contribution in [3.63, 3.8) is 0 Å². The number of methoxy groups -OCH3 is 1. The van der Waals surface area contributed by atoms with Gasteiger partial charge in [0.05, 0.1) is 7.11 Å². The molecule has 0 saturated heterocycles. The summed E-state index contributed by atoms with van der Waals surface area (Å²) in [6, 6.07) is 2.00. The van der Waals surface area contributed by atoms with Crippen molar-refractivity contribution in [2.24, 2.45) is 0 Å². The molecule has 0 fully saturated rings. The number of ether oxygens (including phenoxy) is 1. The fourth-order valence-electron chi connectivity index (χ4n) is 1.33. The number of allylic oxidation sites excluding steroid dienone is 1. The number of hydrogen-bond acceptors (Lipinski definition) is 2. The molecule has 56 valence electrons. The first kappa shape index (κ1) is 6.40. The van der Waals surface area contributed by atoms with E-state index in [9.17, 15) is 0 Å². The highest BCUT2D eigenvalue weighted by Crippen LogP contribution is 2.25. The SMILES string of the molecule is COc1nccc2c1CC=C2. The summed E-state index contributed by atoms with van der Waals surface area (Å²) in [5.74, 6) is 0.757. The minimum Gasteiger partial charge on any atom is -0.481 e. The van der Waals surface area contributed by atoms with Crippen LogP contribution in [-0.2, 0) is 6.42 Å². The van der Waals surface area contributed by atoms with Crippen LogP contribution in [0.3, 0.4) is 0 Å². The summed E-state index contributed by atoms with van der Waals surface area (Å²) in [5, 5.41) is 0. The van der Waals surface area contributed by atoms with Gasteiger partial charge >= 0.3 is 0 Å². The molecule has 2 nitrogen and oxygen atoms in total. The van der Waals surface area contributed by atoms with Crippen molar-refractivity contribution in [3.05, 3.63) is 29.5 Å². The fourth-order valence-corrected chi connectivity index (χ4v) is 1.33. The lowest BCUT2D eigenvalue weighted by molar-refractivity contribution is 0.393. The largest absolute Gasteiger partial charge is 0.481 e. The molecule has 0 N–H and O–H groups in total. The lowest BCUT2D eigenvalue weighted by Gasteiger charge is -2.03. The number of rotatable bonds is 1. The van der Waals surface area contributed by atoms with Crippen molar-refractivity contribution in [1.29, 1.82) is 0 Å². The van der Waals surface area contributed by atoms with Gasteiger partial charge in [-0.1, -0.05) is 12.2 Å². The van der Waals surface area contributed by atoms with Gasteiger partial charge in [-0.3, -0.25) is 0 Å². The molecule has 0 aromatic carbocycles. The predicted octanol–water partition coefficient (Wildman–Crippen LogP) is 1.66. The van der Waals surface area contributed by atoms with Crippen LogP contribution in [0.5, 0.6) is 5.88 Å². The maximum absolute atomic E-state index is 5.11. The van der Waals surface area contributed by atoms with Crippen LogP contribution in [0.4, 0.5) is 0 Å². The van der Waals surface area contributed by atoms with E-state index in [0.717, 1.165) is 12.3 Å². The van der Waals surface area contributed by atoms with Crippen molar-refractivity contribution in [3.8, 4) is 5.88 Å². The summed E-state index contributed by atoms with van der Waals surface area (Å²) in [5.41, 5.74) is 2.44. The van der Waals surface area contributed by atoms with Crippen molar-refractivity contribution < 1.29 is 4.74 Å².